The highest BCUT2D eigenvalue weighted by Gasteiger charge is 2.39. The Hall–Kier alpha value is -1.20. The number of ether oxygens (including phenoxy) is 1. The zero-order valence-corrected chi connectivity index (χ0v) is 6.83. The van der Waals surface area contributed by atoms with Gasteiger partial charge in [-0.1, -0.05) is 0 Å². The number of anilines is 1. The average Bonchev–Trinajstić information content (AvgIpc) is 2.06. The van der Waals surface area contributed by atoms with E-state index in [9.17, 15) is 9.50 Å². The Bertz CT molecular complexity index is 339. The SMILES string of the molecule is Nc1cc(C2(O)COC2)ncc1F. The number of nitrogens with two attached hydrogens (primary N) is 1. The van der Waals surface area contributed by atoms with Gasteiger partial charge in [-0.2, -0.15) is 0 Å². The van der Waals surface area contributed by atoms with Gasteiger partial charge in [0, 0.05) is 0 Å². The van der Waals surface area contributed by atoms with Crippen molar-refractivity contribution in [2.75, 3.05) is 18.9 Å². The lowest BCUT2D eigenvalue weighted by molar-refractivity contribution is -0.186. The molecule has 1 saturated heterocycles. The summed E-state index contributed by atoms with van der Waals surface area (Å²) >= 11 is 0. The molecule has 0 amide bonds. The maximum absolute atomic E-state index is 12.7. The molecule has 4 nitrogen and oxygen atoms in total. The van der Waals surface area contributed by atoms with E-state index in [1.807, 2.05) is 0 Å². The van der Waals surface area contributed by atoms with Crippen LogP contribution >= 0.6 is 0 Å². The Kier molecular flexibility index (Phi) is 1.71. The zero-order chi connectivity index (χ0) is 9.47. The second-order valence-electron chi connectivity index (χ2n) is 3.12. The van der Waals surface area contributed by atoms with E-state index in [0.717, 1.165) is 6.20 Å². The minimum absolute atomic E-state index is 0.00896. The number of aliphatic hydroxyl groups is 1. The summed E-state index contributed by atoms with van der Waals surface area (Å²) in [7, 11) is 0. The molecule has 3 N–H and O–H groups in total. The summed E-state index contributed by atoms with van der Waals surface area (Å²) in [6, 6.07) is 1.33. The van der Waals surface area contributed by atoms with Gasteiger partial charge in [-0.05, 0) is 6.07 Å². The van der Waals surface area contributed by atoms with Gasteiger partial charge >= 0.3 is 0 Å². The third-order valence-electron chi connectivity index (χ3n) is 2.04. The Labute approximate surface area is 74.2 Å². The normalized spacial score (nSPS) is 19.5. The van der Waals surface area contributed by atoms with Crippen LogP contribution in [0.4, 0.5) is 10.1 Å². The summed E-state index contributed by atoms with van der Waals surface area (Å²) in [5, 5.41) is 9.73. The smallest absolute Gasteiger partial charge is 0.164 e. The number of rotatable bonds is 1. The first-order chi connectivity index (χ1) is 6.12. The summed E-state index contributed by atoms with van der Waals surface area (Å²) in [5.74, 6) is -0.576. The van der Waals surface area contributed by atoms with Crippen LogP contribution in [0.25, 0.3) is 0 Å². The van der Waals surface area contributed by atoms with Crippen molar-refractivity contribution in [3.63, 3.8) is 0 Å². The standard InChI is InChI=1S/C8H9FN2O2/c9-5-2-11-7(1-6(5)10)8(12)3-13-4-8/h1-2,12H,3-4H2,(H2,10,11). The maximum Gasteiger partial charge on any atom is 0.164 e. The van der Waals surface area contributed by atoms with Crippen LogP contribution in [0.1, 0.15) is 5.69 Å². The molecule has 0 atom stereocenters. The summed E-state index contributed by atoms with van der Waals surface area (Å²) in [6.07, 6.45) is 1.00. The van der Waals surface area contributed by atoms with Crippen LogP contribution in [-0.4, -0.2) is 23.3 Å². The fourth-order valence-electron chi connectivity index (χ4n) is 1.15. The van der Waals surface area contributed by atoms with Crippen molar-refractivity contribution in [3.8, 4) is 0 Å². The van der Waals surface area contributed by atoms with Crippen molar-refractivity contribution in [1.29, 1.82) is 0 Å². The van der Waals surface area contributed by atoms with Crippen LogP contribution in [0.2, 0.25) is 0 Å². The van der Waals surface area contributed by atoms with Gasteiger partial charge < -0.3 is 15.6 Å². The molecule has 0 spiro atoms. The molecule has 0 bridgehead atoms. The molecule has 0 unspecified atom stereocenters. The van der Waals surface area contributed by atoms with Gasteiger partial charge in [0.15, 0.2) is 11.4 Å². The van der Waals surface area contributed by atoms with Crippen molar-refractivity contribution in [2.45, 2.75) is 5.60 Å². The van der Waals surface area contributed by atoms with Crippen LogP contribution in [0.3, 0.4) is 0 Å². The summed E-state index contributed by atoms with van der Waals surface area (Å²) < 4.78 is 17.5. The fourth-order valence-corrected chi connectivity index (χ4v) is 1.15. The largest absolute Gasteiger partial charge is 0.396 e. The molecular formula is C8H9FN2O2. The Morgan fingerprint density at radius 1 is 1.62 bits per heavy atom. The predicted molar refractivity (Wildman–Crippen MR) is 43.3 cm³/mol. The summed E-state index contributed by atoms with van der Waals surface area (Å²) in [4.78, 5) is 3.75. The molecule has 1 aliphatic rings. The number of aromatic nitrogens is 1. The van der Waals surface area contributed by atoms with Crippen LogP contribution < -0.4 is 5.73 Å². The van der Waals surface area contributed by atoms with Crippen LogP contribution in [0.5, 0.6) is 0 Å². The van der Waals surface area contributed by atoms with Gasteiger partial charge in [-0.25, -0.2) is 4.39 Å². The van der Waals surface area contributed by atoms with E-state index in [1.165, 1.54) is 6.07 Å². The Balaban J connectivity index is 2.36. The number of halogens is 1. The van der Waals surface area contributed by atoms with Crippen LogP contribution in [0, 0.1) is 5.82 Å². The van der Waals surface area contributed by atoms with E-state index in [1.54, 1.807) is 0 Å². The highest BCUT2D eigenvalue weighted by atomic mass is 19.1. The first kappa shape index (κ1) is 8.40. The summed E-state index contributed by atoms with van der Waals surface area (Å²) in [6.45, 7) is 0.371. The molecule has 1 fully saturated rings. The Morgan fingerprint density at radius 3 is 2.77 bits per heavy atom. The van der Waals surface area contributed by atoms with E-state index < -0.39 is 11.4 Å². The molecule has 1 aromatic heterocycles. The second kappa shape index (κ2) is 2.65. The molecule has 5 heteroatoms. The lowest BCUT2D eigenvalue weighted by atomic mass is 9.97. The number of nitrogen functional groups attached to an aromatic ring is 1. The zero-order valence-electron chi connectivity index (χ0n) is 6.83. The fraction of sp³-hybridized carbons (Fsp3) is 0.375. The van der Waals surface area contributed by atoms with E-state index in [0.29, 0.717) is 5.69 Å². The monoisotopic (exact) mass is 184 g/mol. The van der Waals surface area contributed by atoms with Crippen molar-refractivity contribution in [3.05, 3.63) is 23.8 Å². The topological polar surface area (TPSA) is 68.4 Å². The van der Waals surface area contributed by atoms with Gasteiger partial charge in [0.05, 0.1) is 30.8 Å². The highest BCUT2D eigenvalue weighted by Crippen LogP contribution is 2.28. The minimum atomic E-state index is -1.08. The minimum Gasteiger partial charge on any atom is -0.396 e. The molecule has 70 valence electrons. The molecule has 1 aromatic rings. The van der Waals surface area contributed by atoms with E-state index in [2.05, 4.69) is 4.98 Å². The van der Waals surface area contributed by atoms with Gasteiger partial charge in [0.1, 0.15) is 0 Å². The Morgan fingerprint density at radius 2 is 2.31 bits per heavy atom. The van der Waals surface area contributed by atoms with Crippen molar-refractivity contribution >= 4 is 5.69 Å². The summed E-state index contributed by atoms with van der Waals surface area (Å²) in [5.41, 5.74) is 4.60. The van der Waals surface area contributed by atoms with Crippen LogP contribution in [-0.2, 0) is 10.3 Å². The van der Waals surface area contributed by atoms with Crippen LogP contribution in [0.15, 0.2) is 12.3 Å². The number of pyridine rings is 1. The molecule has 0 saturated carbocycles. The van der Waals surface area contributed by atoms with E-state index in [-0.39, 0.29) is 18.9 Å². The lowest BCUT2D eigenvalue weighted by Crippen LogP contribution is -2.47. The molecule has 13 heavy (non-hydrogen) atoms. The number of hydrogen-bond donors (Lipinski definition) is 2. The quantitative estimate of drug-likeness (QED) is 0.645. The third kappa shape index (κ3) is 1.26. The van der Waals surface area contributed by atoms with Gasteiger partial charge in [0.25, 0.3) is 0 Å². The molecule has 2 rings (SSSR count). The highest BCUT2D eigenvalue weighted by molar-refractivity contribution is 5.41. The first-order valence-corrected chi connectivity index (χ1v) is 3.83. The van der Waals surface area contributed by atoms with Gasteiger partial charge in [-0.3, -0.25) is 4.98 Å². The molecule has 0 aliphatic carbocycles. The predicted octanol–water partition coefficient (Wildman–Crippen LogP) is 0.0207. The molecule has 2 heterocycles. The maximum atomic E-state index is 12.7. The molecule has 0 radical (unpaired) electrons. The number of nitrogens with zero attached hydrogens (tertiary/aromatic N) is 1. The molecule has 0 aromatic carbocycles. The van der Waals surface area contributed by atoms with Gasteiger partial charge in [0.2, 0.25) is 0 Å². The number of hydrogen-bond acceptors (Lipinski definition) is 4. The van der Waals surface area contributed by atoms with E-state index >= 15 is 0 Å². The van der Waals surface area contributed by atoms with E-state index in [4.69, 9.17) is 10.5 Å². The van der Waals surface area contributed by atoms with Crippen molar-refractivity contribution in [1.82, 2.24) is 4.98 Å². The second-order valence-corrected chi connectivity index (χ2v) is 3.12. The van der Waals surface area contributed by atoms with Gasteiger partial charge in [-0.15, -0.1) is 0 Å². The van der Waals surface area contributed by atoms with Crippen molar-refractivity contribution in [2.24, 2.45) is 0 Å². The molecule has 1 aliphatic heterocycles. The molecular weight excluding hydrogens is 175 g/mol. The van der Waals surface area contributed by atoms with Crippen molar-refractivity contribution < 1.29 is 14.2 Å². The first-order valence-electron chi connectivity index (χ1n) is 3.83. The average molecular weight is 184 g/mol. The third-order valence-corrected chi connectivity index (χ3v) is 2.04. The lowest BCUT2D eigenvalue weighted by Gasteiger charge is -2.35.